The van der Waals surface area contributed by atoms with E-state index in [0.717, 1.165) is 5.56 Å². The third-order valence-corrected chi connectivity index (χ3v) is 3.41. The molecule has 2 heteroatoms. The zero-order valence-corrected chi connectivity index (χ0v) is 11.5. The highest BCUT2D eigenvalue weighted by Crippen LogP contribution is 2.34. The number of aryl methyl sites for hydroxylation is 1. The van der Waals surface area contributed by atoms with Crippen LogP contribution in [0.4, 0.5) is 0 Å². The van der Waals surface area contributed by atoms with Gasteiger partial charge >= 0.3 is 0 Å². The molecule has 94 valence electrons. The maximum atomic E-state index is 5.71. The van der Waals surface area contributed by atoms with Crippen molar-refractivity contribution in [3.05, 3.63) is 34.9 Å². The summed E-state index contributed by atoms with van der Waals surface area (Å²) in [5.74, 6) is -0.562. The highest BCUT2D eigenvalue weighted by molar-refractivity contribution is 5.37. The zero-order chi connectivity index (χ0) is 12.7. The maximum absolute atomic E-state index is 5.71. The molecule has 1 aliphatic heterocycles. The van der Waals surface area contributed by atoms with Gasteiger partial charge in [-0.25, -0.2) is 0 Å². The van der Waals surface area contributed by atoms with E-state index in [4.69, 9.17) is 9.47 Å². The number of benzene rings is 1. The van der Waals surface area contributed by atoms with E-state index in [2.05, 4.69) is 45.9 Å². The van der Waals surface area contributed by atoms with Crippen molar-refractivity contribution in [3.8, 4) is 0 Å². The van der Waals surface area contributed by atoms with Crippen LogP contribution in [0.5, 0.6) is 0 Å². The average Bonchev–Trinajstić information content (AvgIpc) is 2.65. The van der Waals surface area contributed by atoms with E-state index >= 15 is 0 Å². The summed E-state index contributed by atoms with van der Waals surface area (Å²) in [6.07, 6.45) is 0. The zero-order valence-electron chi connectivity index (χ0n) is 11.5. The van der Waals surface area contributed by atoms with Crippen LogP contribution >= 0.6 is 0 Å². The normalized spacial score (nSPS) is 19.6. The molecule has 0 bridgehead atoms. The van der Waals surface area contributed by atoms with Crippen LogP contribution in [0.2, 0.25) is 0 Å². The van der Waals surface area contributed by atoms with E-state index in [1.54, 1.807) is 0 Å². The molecule has 0 unspecified atom stereocenters. The van der Waals surface area contributed by atoms with Gasteiger partial charge in [0.1, 0.15) is 0 Å². The lowest BCUT2D eigenvalue weighted by atomic mass is 9.82. The van der Waals surface area contributed by atoms with Crippen molar-refractivity contribution in [3.63, 3.8) is 0 Å². The predicted molar refractivity (Wildman–Crippen MR) is 69.1 cm³/mol. The Kier molecular flexibility index (Phi) is 3.04. The van der Waals surface area contributed by atoms with Crippen LogP contribution < -0.4 is 0 Å². The Bertz CT molecular complexity index is 409. The fourth-order valence-corrected chi connectivity index (χ4v) is 2.39. The van der Waals surface area contributed by atoms with Crippen LogP contribution in [0, 0.1) is 6.92 Å². The quantitative estimate of drug-likeness (QED) is 0.740. The number of hydrogen-bond acceptors (Lipinski definition) is 2. The third-order valence-electron chi connectivity index (χ3n) is 3.41. The van der Waals surface area contributed by atoms with Gasteiger partial charge in [0.2, 0.25) is 0 Å². The first-order valence-corrected chi connectivity index (χ1v) is 6.22. The molecule has 1 aliphatic rings. The van der Waals surface area contributed by atoms with Crippen LogP contribution in [-0.4, -0.2) is 13.2 Å². The van der Waals surface area contributed by atoms with Gasteiger partial charge in [0, 0.05) is 5.56 Å². The van der Waals surface area contributed by atoms with Crippen LogP contribution in [-0.2, 0) is 20.7 Å². The molecule has 0 atom stereocenters. The first-order valence-electron chi connectivity index (χ1n) is 6.22. The van der Waals surface area contributed by atoms with Crippen molar-refractivity contribution < 1.29 is 9.47 Å². The lowest BCUT2D eigenvalue weighted by molar-refractivity contribution is -0.149. The average molecular weight is 234 g/mol. The molecule has 0 saturated carbocycles. The molecule has 0 aromatic heterocycles. The van der Waals surface area contributed by atoms with Crippen molar-refractivity contribution in [2.24, 2.45) is 0 Å². The Morgan fingerprint density at radius 2 is 1.71 bits per heavy atom. The minimum absolute atomic E-state index is 0.148. The summed E-state index contributed by atoms with van der Waals surface area (Å²) in [6, 6.07) is 6.49. The summed E-state index contributed by atoms with van der Waals surface area (Å²) < 4.78 is 11.4. The summed E-state index contributed by atoms with van der Waals surface area (Å²) in [5, 5.41) is 0. The number of rotatable bonds is 1. The smallest absolute Gasteiger partial charge is 0.192 e. The molecule has 1 saturated heterocycles. The van der Waals surface area contributed by atoms with Crippen molar-refractivity contribution >= 4 is 0 Å². The minimum atomic E-state index is -0.562. The molecule has 0 aliphatic carbocycles. The molecule has 0 spiro atoms. The SMILES string of the molecule is Cc1ccc(C2(C)OCCO2)cc1C(C)(C)C. The van der Waals surface area contributed by atoms with Gasteiger partial charge in [-0.3, -0.25) is 0 Å². The van der Waals surface area contributed by atoms with E-state index in [-0.39, 0.29) is 5.41 Å². The Hall–Kier alpha value is -0.860. The van der Waals surface area contributed by atoms with Gasteiger partial charge in [-0.15, -0.1) is 0 Å². The van der Waals surface area contributed by atoms with Gasteiger partial charge in [-0.2, -0.15) is 0 Å². The summed E-state index contributed by atoms with van der Waals surface area (Å²) in [4.78, 5) is 0. The molecule has 1 heterocycles. The predicted octanol–water partition coefficient (Wildman–Crippen LogP) is 3.51. The topological polar surface area (TPSA) is 18.5 Å². The monoisotopic (exact) mass is 234 g/mol. The summed E-state index contributed by atoms with van der Waals surface area (Å²) in [7, 11) is 0. The fourth-order valence-electron chi connectivity index (χ4n) is 2.39. The molecule has 17 heavy (non-hydrogen) atoms. The minimum Gasteiger partial charge on any atom is -0.344 e. The fraction of sp³-hybridized carbons (Fsp3) is 0.600. The van der Waals surface area contributed by atoms with Crippen molar-refractivity contribution in [2.45, 2.75) is 45.8 Å². The molecule has 2 nitrogen and oxygen atoms in total. The standard InChI is InChI=1S/C15H22O2/c1-11-6-7-12(10-13(11)14(2,3)4)15(5)16-8-9-17-15/h6-7,10H,8-9H2,1-5H3. The van der Waals surface area contributed by atoms with E-state index < -0.39 is 5.79 Å². The Labute approximate surface area is 104 Å². The second-order valence-electron chi connectivity index (χ2n) is 5.92. The van der Waals surface area contributed by atoms with Gasteiger partial charge in [-0.05, 0) is 36.5 Å². The first kappa shape index (κ1) is 12.6. The molecule has 2 rings (SSSR count). The molecular weight excluding hydrogens is 212 g/mol. The molecule has 1 aromatic carbocycles. The third kappa shape index (κ3) is 2.38. The first-order chi connectivity index (χ1) is 7.83. The number of ether oxygens (including phenoxy) is 2. The van der Waals surface area contributed by atoms with E-state index in [0.29, 0.717) is 13.2 Å². The van der Waals surface area contributed by atoms with Gasteiger partial charge in [0.05, 0.1) is 13.2 Å². The Balaban J connectivity index is 2.44. The molecular formula is C15H22O2. The van der Waals surface area contributed by atoms with E-state index in [1.165, 1.54) is 11.1 Å². The molecule has 1 fully saturated rings. The second kappa shape index (κ2) is 4.11. The van der Waals surface area contributed by atoms with Gasteiger partial charge in [-0.1, -0.05) is 32.9 Å². The molecule has 0 radical (unpaired) electrons. The van der Waals surface area contributed by atoms with Crippen molar-refractivity contribution in [1.82, 2.24) is 0 Å². The second-order valence-corrected chi connectivity index (χ2v) is 5.92. The van der Waals surface area contributed by atoms with E-state index in [9.17, 15) is 0 Å². The highest BCUT2D eigenvalue weighted by atomic mass is 16.7. The lowest BCUT2D eigenvalue weighted by Crippen LogP contribution is -2.24. The van der Waals surface area contributed by atoms with Crippen LogP contribution in [0.15, 0.2) is 18.2 Å². The van der Waals surface area contributed by atoms with Crippen molar-refractivity contribution in [2.75, 3.05) is 13.2 Å². The molecule has 0 N–H and O–H groups in total. The number of hydrogen-bond donors (Lipinski definition) is 0. The summed E-state index contributed by atoms with van der Waals surface area (Å²) in [6.45, 7) is 12.2. The van der Waals surface area contributed by atoms with Crippen LogP contribution in [0.3, 0.4) is 0 Å². The Morgan fingerprint density at radius 1 is 1.12 bits per heavy atom. The van der Waals surface area contributed by atoms with E-state index in [1.807, 2.05) is 6.92 Å². The van der Waals surface area contributed by atoms with Gasteiger partial charge in [0.15, 0.2) is 5.79 Å². The summed E-state index contributed by atoms with van der Waals surface area (Å²) in [5.41, 5.74) is 3.94. The van der Waals surface area contributed by atoms with Crippen LogP contribution in [0.25, 0.3) is 0 Å². The van der Waals surface area contributed by atoms with Gasteiger partial charge < -0.3 is 9.47 Å². The highest BCUT2D eigenvalue weighted by Gasteiger charge is 2.34. The lowest BCUT2D eigenvalue weighted by Gasteiger charge is -2.27. The van der Waals surface area contributed by atoms with Crippen LogP contribution in [0.1, 0.15) is 44.4 Å². The Morgan fingerprint density at radius 3 is 2.24 bits per heavy atom. The summed E-state index contributed by atoms with van der Waals surface area (Å²) >= 11 is 0. The van der Waals surface area contributed by atoms with Gasteiger partial charge in [0.25, 0.3) is 0 Å². The van der Waals surface area contributed by atoms with Crippen molar-refractivity contribution in [1.29, 1.82) is 0 Å². The maximum Gasteiger partial charge on any atom is 0.192 e. The molecule has 1 aromatic rings. The largest absolute Gasteiger partial charge is 0.344 e. The molecule has 0 amide bonds.